The van der Waals surface area contributed by atoms with Crippen molar-refractivity contribution in [2.45, 2.75) is 142 Å². The maximum atomic E-state index is 11.8. The van der Waals surface area contributed by atoms with Crippen molar-refractivity contribution < 1.29 is 14.3 Å². The van der Waals surface area contributed by atoms with Crippen molar-refractivity contribution in [2.24, 2.45) is 0 Å². The molecular formula is C59H72N14O3. The molecule has 0 saturated heterocycles. The largest absolute Gasteiger partial charge is 0.453 e. The molecule has 4 aromatic heterocycles. The summed E-state index contributed by atoms with van der Waals surface area (Å²) in [6.45, 7) is 11.6. The predicted molar refractivity (Wildman–Crippen MR) is 303 cm³/mol. The van der Waals surface area contributed by atoms with Gasteiger partial charge in [0, 0.05) is 55.8 Å². The molecule has 4 aromatic carbocycles. The van der Waals surface area contributed by atoms with Gasteiger partial charge >= 0.3 is 6.09 Å². The third-order valence-corrected chi connectivity index (χ3v) is 14.3. The number of hydrogen-bond donors (Lipinski definition) is 6. The molecule has 0 spiro atoms. The first-order chi connectivity index (χ1) is 37.0. The molecule has 2 saturated carbocycles. The van der Waals surface area contributed by atoms with E-state index >= 15 is 0 Å². The zero-order valence-electron chi connectivity index (χ0n) is 44.6. The van der Waals surface area contributed by atoms with E-state index in [2.05, 4.69) is 176 Å². The second kappa shape index (κ2) is 25.0. The number of rotatable bonds is 17. The molecule has 0 atom stereocenters. The molecule has 396 valence electrons. The Labute approximate surface area is 445 Å². The second-order valence-corrected chi connectivity index (χ2v) is 20.4. The van der Waals surface area contributed by atoms with Crippen molar-refractivity contribution in [3.8, 4) is 22.3 Å². The topological polar surface area (TPSA) is 203 Å². The Morgan fingerprint density at radius 3 is 1.29 bits per heavy atom. The van der Waals surface area contributed by atoms with Crippen LogP contribution < -0.4 is 31.9 Å². The summed E-state index contributed by atoms with van der Waals surface area (Å²) in [5.41, 5.74) is 10.3. The third kappa shape index (κ3) is 13.4. The van der Waals surface area contributed by atoms with Crippen LogP contribution in [-0.4, -0.2) is 82.3 Å². The fraction of sp³-hybridized carbons (Fsp3) is 0.390. The van der Waals surface area contributed by atoms with Crippen LogP contribution in [0.15, 0.2) is 122 Å². The fourth-order valence-electron chi connectivity index (χ4n) is 9.91. The summed E-state index contributed by atoms with van der Waals surface area (Å²) in [6, 6.07) is 39.3. The van der Waals surface area contributed by atoms with Crippen molar-refractivity contribution in [3.63, 3.8) is 0 Å². The van der Waals surface area contributed by atoms with Crippen LogP contribution in [0.4, 0.5) is 28.3 Å². The molecule has 2 amide bonds. The molecular weight excluding hydrogens is 953 g/mol. The van der Waals surface area contributed by atoms with Crippen LogP contribution in [-0.2, 0) is 22.6 Å². The number of nitrogens with one attached hydrogen (secondary N) is 6. The van der Waals surface area contributed by atoms with E-state index in [1.165, 1.54) is 34.9 Å². The molecule has 0 aliphatic heterocycles. The Morgan fingerprint density at radius 1 is 0.526 bits per heavy atom. The number of benzene rings is 4. The summed E-state index contributed by atoms with van der Waals surface area (Å²) in [5, 5.41) is 20.1. The third-order valence-electron chi connectivity index (χ3n) is 14.3. The second-order valence-electron chi connectivity index (χ2n) is 20.4. The number of carbonyl (C=O) groups excluding carboxylic acids is 2. The first kappa shape index (κ1) is 52.8. The molecule has 0 radical (unpaired) electrons. The van der Waals surface area contributed by atoms with Crippen molar-refractivity contribution >= 4 is 57.9 Å². The van der Waals surface area contributed by atoms with Gasteiger partial charge in [-0.15, -0.1) is 0 Å². The Morgan fingerprint density at radius 2 is 0.908 bits per heavy atom. The van der Waals surface area contributed by atoms with Crippen LogP contribution in [0.3, 0.4) is 0 Å². The number of anilines is 4. The van der Waals surface area contributed by atoms with Crippen LogP contribution in [0.2, 0.25) is 0 Å². The van der Waals surface area contributed by atoms with Gasteiger partial charge in [-0.2, -0.15) is 19.9 Å². The van der Waals surface area contributed by atoms with Crippen LogP contribution in [0, 0.1) is 0 Å². The fourth-order valence-corrected chi connectivity index (χ4v) is 9.91. The highest BCUT2D eigenvalue weighted by molar-refractivity contribution is 5.85. The monoisotopic (exact) mass is 1020 g/mol. The minimum atomic E-state index is -0.373. The Balaban J connectivity index is 0.000000186. The quantitative estimate of drug-likeness (QED) is 0.0503. The molecule has 8 aromatic rings. The van der Waals surface area contributed by atoms with Crippen molar-refractivity contribution in [1.29, 1.82) is 0 Å². The summed E-state index contributed by atoms with van der Waals surface area (Å²) in [4.78, 5) is 52.0. The highest BCUT2D eigenvalue weighted by Crippen LogP contribution is 2.30. The summed E-state index contributed by atoms with van der Waals surface area (Å²) < 4.78 is 8.88. The number of aromatic nitrogens is 8. The van der Waals surface area contributed by atoms with Gasteiger partial charge in [0.25, 0.3) is 0 Å². The zero-order chi connectivity index (χ0) is 53.0. The normalized spacial score (nSPS) is 17.4. The van der Waals surface area contributed by atoms with E-state index in [0.29, 0.717) is 37.2 Å². The number of fused-ring (bicyclic) bond motifs is 2. The molecule has 17 heteroatoms. The van der Waals surface area contributed by atoms with Gasteiger partial charge < -0.3 is 45.8 Å². The standard InChI is InChI=1S/C30H37N7O.C29H35N7O2/c1-4-26(38)33-24-14-16-25(17-15-24)34-30-35-28(27-29(36-30)37(19-32-27)20(2)3)31-18-21-10-12-23(13-11-21)22-8-6-5-7-9-22;1-19(2)36-18-31-25-26(30-17-20-9-11-22(12-10-20)21-7-5-4-6-8-21)34-28(35-27(25)36)32-23-13-15-24(16-14-23)33-29(37)38-3/h5-13,19-20,24-25H,4,14-18H2,1-3H3,(H,33,38)(H2,31,34,35,36);4-12,18-19,23-24H,13-17H2,1-3H3,(H,33,37)(H2,30,32,34,35). The molecule has 6 N–H and O–H groups in total. The van der Waals surface area contributed by atoms with Crippen LogP contribution >= 0.6 is 0 Å². The highest BCUT2D eigenvalue weighted by atomic mass is 16.5. The van der Waals surface area contributed by atoms with E-state index in [0.717, 1.165) is 85.1 Å². The van der Waals surface area contributed by atoms with Gasteiger partial charge in [-0.3, -0.25) is 4.79 Å². The number of alkyl carbamates (subject to hydrolysis) is 1. The van der Waals surface area contributed by atoms with Gasteiger partial charge in [-0.1, -0.05) is 116 Å². The van der Waals surface area contributed by atoms with Gasteiger partial charge in [-0.05, 0) is 112 Å². The number of ether oxygens (including phenoxy) is 1. The maximum Gasteiger partial charge on any atom is 0.407 e. The zero-order valence-corrected chi connectivity index (χ0v) is 44.6. The van der Waals surface area contributed by atoms with Gasteiger partial charge in [-0.25, -0.2) is 14.8 Å². The lowest BCUT2D eigenvalue weighted by molar-refractivity contribution is -0.121. The maximum absolute atomic E-state index is 11.8. The number of methoxy groups -OCH3 is 1. The van der Waals surface area contributed by atoms with Gasteiger partial charge in [0.15, 0.2) is 34.0 Å². The molecule has 0 bridgehead atoms. The van der Waals surface area contributed by atoms with Gasteiger partial charge in [0.1, 0.15) is 0 Å². The van der Waals surface area contributed by atoms with Crippen LogP contribution in [0.1, 0.15) is 116 Å². The molecule has 4 heterocycles. The van der Waals surface area contributed by atoms with Crippen molar-refractivity contribution in [1.82, 2.24) is 49.7 Å². The number of hydrogen-bond acceptors (Lipinski definition) is 13. The molecule has 2 fully saturated rings. The van der Waals surface area contributed by atoms with E-state index in [1.807, 2.05) is 31.7 Å². The molecule has 0 unspecified atom stereocenters. The van der Waals surface area contributed by atoms with Gasteiger partial charge in [0.2, 0.25) is 17.8 Å². The van der Waals surface area contributed by atoms with Crippen molar-refractivity contribution in [2.75, 3.05) is 28.4 Å². The summed E-state index contributed by atoms with van der Waals surface area (Å²) in [5.74, 6) is 2.77. The molecule has 2 aliphatic rings. The summed E-state index contributed by atoms with van der Waals surface area (Å²) >= 11 is 0. The molecule has 76 heavy (non-hydrogen) atoms. The van der Waals surface area contributed by atoms with Gasteiger partial charge in [0.05, 0.1) is 19.8 Å². The Bertz CT molecular complexity index is 2930. The minimum Gasteiger partial charge on any atom is -0.453 e. The first-order valence-electron chi connectivity index (χ1n) is 26.9. The van der Waals surface area contributed by atoms with E-state index in [1.54, 1.807) is 0 Å². The lowest BCUT2D eigenvalue weighted by atomic mass is 9.91. The first-order valence-corrected chi connectivity index (χ1v) is 26.9. The summed E-state index contributed by atoms with van der Waals surface area (Å²) in [7, 11) is 1.39. The Hall–Kier alpha value is -8.08. The molecule has 10 rings (SSSR count). The smallest absolute Gasteiger partial charge is 0.407 e. The number of carbonyl (C=O) groups is 2. The van der Waals surface area contributed by atoms with E-state index in [9.17, 15) is 9.59 Å². The lowest BCUT2D eigenvalue weighted by Crippen LogP contribution is -2.40. The van der Waals surface area contributed by atoms with E-state index in [-0.39, 0.29) is 48.3 Å². The number of nitrogens with zero attached hydrogens (tertiary/aromatic N) is 8. The number of amides is 2. The average Bonchev–Trinajstić information content (AvgIpc) is 4.10. The van der Waals surface area contributed by atoms with Crippen molar-refractivity contribution in [3.05, 3.63) is 133 Å². The molecule has 17 nitrogen and oxygen atoms in total. The summed E-state index contributed by atoms with van der Waals surface area (Å²) in [6.07, 6.45) is 11.3. The SMILES string of the molecule is CCC(=O)NC1CCC(Nc2nc(NCc3ccc(-c4ccccc4)cc3)c3ncn(C(C)C)c3n2)CC1.COC(=O)NC1CCC(Nc2nc(NCc3ccc(-c4ccccc4)cc3)c3ncn(C(C)C)c3n2)CC1. The lowest BCUT2D eigenvalue weighted by Gasteiger charge is -2.29. The average molecular weight is 1030 g/mol. The highest BCUT2D eigenvalue weighted by Gasteiger charge is 2.26. The van der Waals surface area contributed by atoms with E-state index < -0.39 is 0 Å². The molecule has 2 aliphatic carbocycles. The van der Waals surface area contributed by atoms with E-state index in [4.69, 9.17) is 24.7 Å². The number of imidazole rings is 2. The van der Waals surface area contributed by atoms with Crippen LogP contribution in [0.25, 0.3) is 44.6 Å². The Kier molecular flexibility index (Phi) is 17.3. The predicted octanol–water partition coefficient (Wildman–Crippen LogP) is 11.7. The minimum absolute atomic E-state index is 0.127. The van der Waals surface area contributed by atoms with Crippen LogP contribution in [0.5, 0.6) is 0 Å².